The molecule has 0 aliphatic rings. The number of hydrogen-bond donors (Lipinski definition) is 1. The van der Waals surface area contributed by atoms with Gasteiger partial charge in [-0.1, -0.05) is 41.0 Å². The lowest BCUT2D eigenvalue weighted by molar-refractivity contribution is 1.09. The Kier molecular flexibility index (Phi) is 15.8. The maximum absolute atomic E-state index is 4.13. The van der Waals surface area contributed by atoms with Gasteiger partial charge in [-0.05, 0) is 24.2 Å². The molecule has 0 unspecified atom stereocenters. The van der Waals surface area contributed by atoms with Gasteiger partial charge in [-0.2, -0.15) is 0 Å². The summed E-state index contributed by atoms with van der Waals surface area (Å²) in [6, 6.07) is 0. The lowest BCUT2D eigenvalue weighted by atomic mass is 10.6. The van der Waals surface area contributed by atoms with Crippen LogP contribution in [0.25, 0.3) is 6.08 Å². The molecule has 1 heterocycles. The molecular weight excluding hydrogens is 216 g/mol. The van der Waals surface area contributed by atoms with E-state index in [0.717, 1.165) is 17.3 Å². The highest BCUT2D eigenvalue weighted by Gasteiger charge is 1.89. The summed E-state index contributed by atoms with van der Waals surface area (Å²) in [5, 5.41) is 2.05. The van der Waals surface area contributed by atoms with Gasteiger partial charge in [-0.15, -0.1) is 11.8 Å². The standard InChI is InChI=1S/C8H12N2S.C3H8.C2H6.H2/c1-3-11-5-4-8-9-6-7(2)10-8;1-3-2;1-2;/h4-6H,3H2,1-2H3,(H,9,10);3H2,1-2H3;1-2H3;1H/b5-4+;;;. The van der Waals surface area contributed by atoms with E-state index in [0.29, 0.717) is 0 Å². The van der Waals surface area contributed by atoms with Crippen molar-refractivity contribution < 1.29 is 1.43 Å². The quantitative estimate of drug-likeness (QED) is 0.798. The Balaban J connectivity index is -0.000000286. The molecule has 0 aliphatic heterocycles. The fourth-order valence-electron chi connectivity index (χ4n) is 0.726. The highest BCUT2D eigenvalue weighted by molar-refractivity contribution is 8.02. The van der Waals surface area contributed by atoms with Crippen molar-refractivity contribution >= 4 is 17.8 Å². The number of thioether (sulfide) groups is 1. The maximum atomic E-state index is 4.13. The first-order valence-corrected chi connectivity index (χ1v) is 7.09. The number of H-pyrrole nitrogens is 1. The van der Waals surface area contributed by atoms with Crippen LogP contribution in [0.4, 0.5) is 0 Å². The third-order valence-corrected chi connectivity index (χ3v) is 1.87. The molecule has 0 amide bonds. The molecule has 1 N–H and O–H groups in total. The second-order valence-corrected chi connectivity index (χ2v) is 4.10. The largest absolute Gasteiger partial charge is 0.343 e. The molecule has 1 aromatic rings. The molecule has 0 saturated heterocycles. The van der Waals surface area contributed by atoms with Crippen molar-refractivity contribution in [1.82, 2.24) is 9.97 Å². The second kappa shape index (κ2) is 14.3. The van der Waals surface area contributed by atoms with Crippen LogP contribution in [0.5, 0.6) is 0 Å². The van der Waals surface area contributed by atoms with Gasteiger partial charge >= 0.3 is 0 Å². The molecule has 0 radical (unpaired) electrons. The smallest absolute Gasteiger partial charge is 0.130 e. The summed E-state index contributed by atoms with van der Waals surface area (Å²) >= 11 is 1.77. The third kappa shape index (κ3) is 11.4. The molecule has 96 valence electrons. The number of rotatable bonds is 3. The van der Waals surface area contributed by atoms with E-state index in [1.165, 1.54) is 6.42 Å². The van der Waals surface area contributed by atoms with E-state index in [-0.39, 0.29) is 1.43 Å². The second-order valence-electron chi connectivity index (χ2n) is 2.92. The number of aryl methyl sites for hydroxylation is 1. The van der Waals surface area contributed by atoms with Gasteiger partial charge in [0, 0.05) is 13.3 Å². The van der Waals surface area contributed by atoms with Crippen LogP contribution in [-0.4, -0.2) is 15.7 Å². The number of aromatic nitrogens is 2. The molecule has 1 rings (SSSR count). The van der Waals surface area contributed by atoms with Crippen LogP contribution in [0.15, 0.2) is 11.6 Å². The number of hydrogen-bond acceptors (Lipinski definition) is 2. The van der Waals surface area contributed by atoms with Crippen LogP contribution < -0.4 is 0 Å². The Bertz CT molecular complexity index is 260. The Hall–Kier alpha value is -0.700. The third-order valence-electron chi connectivity index (χ3n) is 1.21. The van der Waals surface area contributed by atoms with Crippen molar-refractivity contribution in [3.63, 3.8) is 0 Å². The van der Waals surface area contributed by atoms with Crippen molar-refractivity contribution in [2.45, 2.75) is 48.0 Å². The minimum atomic E-state index is 0. The first kappa shape index (κ1) is 17.7. The molecule has 0 atom stereocenters. The maximum Gasteiger partial charge on any atom is 0.130 e. The van der Waals surface area contributed by atoms with Crippen molar-refractivity contribution in [1.29, 1.82) is 0 Å². The van der Waals surface area contributed by atoms with Crippen molar-refractivity contribution in [2.24, 2.45) is 0 Å². The fraction of sp³-hybridized carbons (Fsp3) is 0.615. The Morgan fingerprint density at radius 3 is 2.31 bits per heavy atom. The number of nitrogens with zero attached hydrogens (tertiary/aromatic N) is 1. The SMILES string of the molecule is CC.CCC.CCS/C=C/c1ncc(C)[nH]1.[HH]. The van der Waals surface area contributed by atoms with Gasteiger partial charge in [0.15, 0.2) is 0 Å². The molecule has 16 heavy (non-hydrogen) atoms. The number of imidazole rings is 1. The van der Waals surface area contributed by atoms with E-state index < -0.39 is 0 Å². The predicted molar refractivity (Wildman–Crippen MR) is 79.9 cm³/mol. The van der Waals surface area contributed by atoms with E-state index in [1.54, 1.807) is 11.8 Å². The molecule has 1 aromatic heterocycles. The molecular formula is C13H28N2S. The number of aromatic amines is 1. The van der Waals surface area contributed by atoms with Gasteiger partial charge in [0.2, 0.25) is 0 Å². The van der Waals surface area contributed by atoms with Crippen LogP contribution in [-0.2, 0) is 0 Å². The van der Waals surface area contributed by atoms with E-state index in [1.807, 2.05) is 33.0 Å². The Morgan fingerprint density at radius 2 is 1.94 bits per heavy atom. The zero-order valence-electron chi connectivity index (χ0n) is 11.5. The lowest BCUT2D eigenvalue weighted by Gasteiger charge is -1.84. The summed E-state index contributed by atoms with van der Waals surface area (Å²) in [6.07, 6.45) is 5.07. The summed E-state index contributed by atoms with van der Waals surface area (Å²) in [5.41, 5.74) is 1.10. The lowest BCUT2D eigenvalue weighted by Crippen LogP contribution is -1.73. The topological polar surface area (TPSA) is 28.7 Å². The van der Waals surface area contributed by atoms with Crippen molar-refractivity contribution in [3.05, 3.63) is 23.1 Å². The minimum Gasteiger partial charge on any atom is -0.343 e. The average molecular weight is 244 g/mol. The highest BCUT2D eigenvalue weighted by atomic mass is 32.2. The van der Waals surface area contributed by atoms with Crippen LogP contribution in [0.2, 0.25) is 0 Å². The molecule has 3 heteroatoms. The zero-order valence-corrected chi connectivity index (χ0v) is 12.3. The molecule has 2 nitrogen and oxygen atoms in total. The van der Waals surface area contributed by atoms with E-state index >= 15 is 0 Å². The predicted octanol–water partition coefficient (Wildman–Crippen LogP) is 5.13. The Labute approximate surface area is 106 Å². The summed E-state index contributed by atoms with van der Waals surface area (Å²) in [7, 11) is 0. The fourth-order valence-corrected chi connectivity index (χ4v) is 1.14. The van der Waals surface area contributed by atoms with E-state index in [9.17, 15) is 0 Å². The summed E-state index contributed by atoms with van der Waals surface area (Å²) < 4.78 is 0. The highest BCUT2D eigenvalue weighted by Crippen LogP contribution is 2.04. The van der Waals surface area contributed by atoms with Crippen LogP contribution in [0.1, 0.15) is 54.0 Å². The summed E-state index contributed by atoms with van der Waals surface area (Å²) in [4.78, 5) is 7.26. The van der Waals surface area contributed by atoms with Crippen LogP contribution in [0, 0.1) is 6.92 Å². The molecule has 0 aromatic carbocycles. The van der Waals surface area contributed by atoms with E-state index in [4.69, 9.17) is 0 Å². The van der Waals surface area contributed by atoms with E-state index in [2.05, 4.69) is 36.1 Å². The first-order valence-electron chi connectivity index (χ1n) is 6.04. The minimum absolute atomic E-state index is 0. The molecule has 0 saturated carbocycles. The van der Waals surface area contributed by atoms with Crippen molar-refractivity contribution in [3.8, 4) is 0 Å². The van der Waals surface area contributed by atoms with Gasteiger partial charge < -0.3 is 4.98 Å². The summed E-state index contributed by atoms with van der Waals surface area (Å²) in [5.74, 6) is 2.04. The first-order chi connectivity index (χ1) is 7.74. The number of nitrogens with one attached hydrogen (secondary N) is 1. The van der Waals surface area contributed by atoms with Crippen molar-refractivity contribution in [2.75, 3.05) is 5.75 Å². The normalized spacial score (nSPS) is 9.12. The van der Waals surface area contributed by atoms with Gasteiger partial charge in [0.05, 0.1) is 0 Å². The molecule has 0 spiro atoms. The average Bonchev–Trinajstić information content (AvgIpc) is 2.69. The van der Waals surface area contributed by atoms with Crippen LogP contribution >= 0.6 is 11.8 Å². The van der Waals surface area contributed by atoms with Gasteiger partial charge in [-0.25, -0.2) is 4.98 Å². The van der Waals surface area contributed by atoms with Gasteiger partial charge in [0.1, 0.15) is 5.82 Å². The molecule has 0 bridgehead atoms. The van der Waals surface area contributed by atoms with Crippen LogP contribution in [0.3, 0.4) is 0 Å². The monoisotopic (exact) mass is 244 g/mol. The Morgan fingerprint density at radius 1 is 1.38 bits per heavy atom. The zero-order chi connectivity index (χ0) is 12.8. The summed E-state index contributed by atoms with van der Waals surface area (Å²) in [6.45, 7) is 12.4. The van der Waals surface area contributed by atoms with Gasteiger partial charge in [0.25, 0.3) is 0 Å². The molecule has 0 fully saturated rings. The van der Waals surface area contributed by atoms with Gasteiger partial charge in [-0.3, -0.25) is 0 Å². The molecule has 0 aliphatic carbocycles.